The number of hydrogen-bond donors (Lipinski definition) is 2. The zero-order valence-electron chi connectivity index (χ0n) is 16.2. The largest absolute Gasteiger partial charge is 0.300 e. The molecule has 3 rings (SSSR count). The molecule has 1 fully saturated rings. The van der Waals surface area contributed by atoms with Crippen LogP contribution in [0.2, 0.25) is 0 Å². The normalized spacial score (nSPS) is 16.7. The van der Waals surface area contributed by atoms with E-state index in [2.05, 4.69) is 34.3 Å². The highest BCUT2D eigenvalue weighted by atomic mass is 16.1. The van der Waals surface area contributed by atoms with Gasteiger partial charge in [-0.3, -0.25) is 15.2 Å². The van der Waals surface area contributed by atoms with Crippen LogP contribution in [0.5, 0.6) is 0 Å². The maximum absolute atomic E-state index is 12.2. The first-order valence-electron chi connectivity index (χ1n) is 10.3. The van der Waals surface area contributed by atoms with Crippen molar-refractivity contribution >= 4 is 22.5 Å². The molecule has 2 aromatic rings. The smallest absolute Gasteiger partial charge is 0.283 e. The first-order chi connectivity index (χ1) is 12.7. The molecule has 26 heavy (non-hydrogen) atoms. The fourth-order valence-electron chi connectivity index (χ4n) is 3.82. The van der Waals surface area contributed by atoms with Crippen molar-refractivity contribution in [3.63, 3.8) is 0 Å². The second-order valence-electron chi connectivity index (χ2n) is 7.89. The third-order valence-electron chi connectivity index (χ3n) is 5.81. The van der Waals surface area contributed by atoms with Gasteiger partial charge in [-0.05, 0) is 44.4 Å². The third-order valence-corrected chi connectivity index (χ3v) is 5.81. The number of aromatic amines is 2. The van der Waals surface area contributed by atoms with Crippen LogP contribution in [0.1, 0.15) is 77.3 Å². The van der Waals surface area contributed by atoms with Crippen LogP contribution in [-0.4, -0.2) is 22.0 Å². The van der Waals surface area contributed by atoms with Gasteiger partial charge in [0.1, 0.15) is 16.7 Å². The number of anilines is 1. The highest BCUT2D eigenvalue weighted by Crippen LogP contribution is 2.26. The molecule has 0 bridgehead atoms. The summed E-state index contributed by atoms with van der Waals surface area (Å²) in [6.45, 7) is 4.40. The highest BCUT2D eigenvalue weighted by molar-refractivity contribution is 5.90. The van der Waals surface area contributed by atoms with Gasteiger partial charge < -0.3 is 0 Å². The van der Waals surface area contributed by atoms with Crippen LogP contribution in [0.4, 0.5) is 5.82 Å². The average molecular weight is 358 g/mol. The molecule has 1 unspecified atom stereocenters. The molecule has 5 heteroatoms. The third kappa shape index (κ3) is 4.83. The van der Waals surface area contributed by atoms with Crippen molar-refractivity contribution in [3.05, 3.63) is 18.0 Å². The zero-order chi connectivity index (χ0) is 18.4. The number of nitrogens with zero attached hydrogens (tertiary/aromatic N) is 1. The van der Waals surface area contributed by atoms with E-state index in [0.717, 1.165) is 41.7 Å². The van der Waals surface area contributed by atoms with Crippen molar-refractivity contribution in [2.75, 3.05) is 5.32 Å². The van der Waals surface area contributed by atoms with Gasteiger partial charge in [-0.1, -0.05) is 26.7 Å². The number of aryl methyl sites for hydroxylation is 1. The Morgan fingerprint density at radius 3 is 2.92 bits per heavy atom. The number of H-pyrrole nitrogens is 2. The molecule has 2 heterocycles. The second kappa shape index (κ2) is 9.15. The first-order valence-corrected chi connectivity index (χ1v) is 10.3. The van der Waals surface area contributed by atoms with Gasteiger partial charge in [0.05, 0.1) is 17.9 Å². The molecule has 3 N–H and O–H groups in total. The lowest BCUT2D eigenvalue weighted by Gasteiger charge is -2.19. The van der Waals surface area contributed by atoms with E-state index < -0.39 is 0 Å². The summed E-state index contributed by atoms with van der Waals surface area (Å²) in [5, 5.41) is 12.4. The molecular formula is C21H33N4O+. The summed E-state index contributed by atoms with van der Waals surface area (Å²) in [6, 6.07) is 2.53. The van der Waals surface area contributed by atoms with E-state index in [9.17, 15) is 4.79 Å². The maximum Gasteiger partial charge on any atom is 0.283 e. The van der Waals surface area contributed by atoms with E-state index in [-0.39, 0.29) is 0 Å². The summed E-state index contributed by atoms with van der Waals surface area (Å²) in [5.74, 6) is 2.03. The fraction of sp³-hybridized carbons (Fsp3) is 0.667. The summed E-state index contributed by atoms with van der Waals surface area (Å²) in [5.41, 5.74) is 2.02. The van der Waals surface area contributed by atoms with Crippen molar-refractivity contribution in [1.82, 2.24) is 10.2 Å². The van der Waals surface area contributed by atoms with Crippen molar-refractivity contribution in [3.8, 4) is 0 Å². The number of ketones is 1. The number of carbonyl (C=O) groups excluding carboxylic acids is 1. The summed E-state index contributed by atoms with van der Waals surface area (Å²) in [4.78, 5) is 15.6. The van der Waals surface area contributed by atoms with Crippen LogP contribution in [-0.2, 0) is 11.2 Å². The summed E-state index contributed by atoms with van der Waals surface area (Å²) in [7, 11) is 0. The lowest BCUT2D eigenvalue weighted by atomic mass is 9.95. The Morgan fingerprint density at radius 1 is 1.35 bits per heavy atom. The Hall–Kier alpha value is -1.91. The lowest BCUT2D eigenvalue weighted by molar-refractivity contribution is -0.359. The predicted molar refractivity (Wildman–Crippen MR) is 105 cm³/mol. The van der Waals surface area contributed by atoms with Gasteiger partial charge in [0.25, 0.3) is 5.82 Å². The number of pyridine rings is 1. The molecule has 5 nitrogen and oxygen atoms in total. The standard InChI is InChI=1S/C21H32N4O/c1-3-15(2)9-10-17(26)11-12-18-20-19(25-24-18)13-14-22-21(20)23-16-7-5-4-6-8-16/h13-16H,3-12H2,1-2H3,(H,22,23)(H,24,25)/p+1. The lowest BCUT2D eigenvalue weighted by Crippen LogP contribution is -2.26. The van der Waals surface area contributed by atoms with Gasteiger partial charge in [0.2, 0.25) is 0 Å². The highest BCUT2D eigenvalue weighted by Gasteiger charge is 2.22. The summed E-state index contributed by atoms with van der Waals surface area (Å²) in [6.07, 6.45) is 12.5. The molecule has 0 amide bonds. The monoisotopic (exact) mass is 357 g/mol. The number of nitrogens with one attached hydrogen (secondary N) is 3. The Labute approximate surface area is 156 Å². The minimum absolute atomic E-state index is 0.356. The van der Waals surface area contributed by atoms with Gasteiger partial charge in [0, 0.05) is 18.9 Å². The molecule has 1 aliphatic carbocycles. The molecule has 0 radical (unpaired) electrons. The fourth-order valence-corrected chi connectivity index (χ4v) is 3.82. The van der Waals surface area contributed by atoms with E-state index in [1.54, 1.807) is 0 Å². The van der Waals surface area contributed by atoms with Gasteiger partial charge in [-0.25, -0.2) is 4.98 Å². The van der Waals surface area contributed by atoms with E-state index in [0.29, 0.717) is 30.6 Å². The second-order valence-corrected chi connectivity index (χ2v) is 7.89. The molecule has 1 atom stereocenters. The van der Waals surface area contributed by atoms with Crippen molar-refractivity contribution in [1.29, 1.82) is 0 Å². The number of hydrogen-bond acceptors (Lipinski definition) is 3. The van der Waals surface area contributed by atoms with Crippen molar-refractivity contribution in [2.24, 2.45) is 5.92 Å². The molecule has 2 aromatic heterocycles. The molecule has 0 aliphatic heterocycles. The van der Waals surface area contributed by atoms with Crippen LogP contribution in [0, 0.1) is 5.92 Å². The summed E-state index contributed by atoms with van der Waals surface area (Å²) >= 11 is 0. The number of fused-ring (bicyclic) bond motifs is 1. The van der Waals surface area contributed by atoms with E-state index in [4.69, 9.17) is 0 Å². The van der Waals surface area contributed by atoms with Crippen LogP contribution < -0.4 is 10.3 Å². The Morgan fingerprint density at radius 2 is 2.15 bits per heavy atom. The molecular weight excluding hydrogens is 324 g/mol. The van der Waals surface area contributed by atoms with Crippen molar-refractivity contribution < 1.29 is 9.78 Å². The van der Waals surface area contributed by atoms with Gasteiger partial charge in [-0.2, -0.15) is 5.10 Å². The minimum Gasteiger partial charge on any atom is -0.300 e. The predicted octanol–water partition coefficient (Wildman–Crippen LogP) is 4.45. The van der Waals surface area contributed by atoms with E-state index in [1.807, 2.05) is 12.3 Å². The molecule has 142 valence electrons. The number of aromatic nitrogens is 3. The van der Waals surface area contributed by atoms with Gasteiger partial charge in [0.15, 0.2) is 0 Å². The Balaban J connectivity index is 1.65. The SMILES string of the molecule is CCC(C)CCC(=O)CCc1[nH]nc2cc[nH+]c(NC3CCCCC3)c12. The molecule has 1 saturated carbocycles. The summed E-state index contributed by atoms with van der Waals surface area (Å²) < 4.78 is 0. The Bertz CT molecular complexity index is 718. The van der Waals surface area contributed by atoms with Crippen LogP contribution in [0.25, 0.3) is 10.9 Å². The van der Waals surface area contributed by atoms with E-state index >= 15 is 0 Å². The van der Waals surface area contributed by atoms with Gasteiger partial charge in [-0.15, -0.1) is 0 Å². The van der Waals surface area contributed by atoms with Crippen LogP contribution in [0.3, 0.4) is 0 Å². The molecule has 0 spiro atoms. The Kier molecular flexibility index (Phi) is 6.64. The van der Waals surface area contributed by atoms with Crippen LogP contribution in [0.15, 0.2) is 12.3 Å². The number of Topliss-reactive ketones (excluding diaryl/α,β-unsaturated/α-hetero) is 1. The minimum atomic E-state index is 0.356. The number of rotatable bonds is 9. The molecule has 1 aliphatic rings. The number of carbonyl (C=O) groups is 1. The quantitative estimate of drug-likeness (QED) is 0.696. The zero-order valence-corrected chi connectivity index (χ0v) is 16.2. The maximum atomic E-state index is 12.2. The van der Waals surface area contributed by atoms with E-state index in [1.165, 1.54) is 32.1 Å². The van der Waals surface area contributed by atoms with Gasteiger partial charge >= 0.3 is 0 Å². The first kappa shape index (κ1) is 18.9. The average Bonchev–Trinajstić information content (AvgIpc) is 3.09. The van der Waals surface area contributed by atoms with Crippen molar-refractivity contribution in [2.45, 2.75) is 84.1 Å². The molecule has 0 aromatic carbocycles. The van der Waals surface area contributed by atoms with Crippen LogP contribution >= 0.6 is 0 Å². The topological polar surface area (TPSA) is 71.9 Å². The molecule has 0 saturated heterocycles.